The Hall–Kier alpha value is -2.67. The molecule has 2 aromatic rings. The van der Waals surface area contributed by atoms with E-state index in [1.807, 2.05) is 12.3 Å². The Labute approximate surface area is 145 Å². The summed E-state index contributed by atoms with van der Waals surface area (Å²) in [6.45, 7) is 3.84. The van der Waals surface area contributed by atoms with Crippen molar-refractivity contribution >= 4 is 17.5 Å². The largest absolute Gasteiger partial charge is 0.349 e. The summed E-state index contributed by atoms with van der Waals surface area (Å²) in [5, 5.41) is 5.24. The van der Waals surface area contributed by atoms with E-state index in [4.69, 9.17) is 0 Å². The first-order valence-corrected chi connectivity index (χ1v) is 8.24. The first kappa shape index (κ1) is 17.2. The first-order chi connectivity index (χ1) is 12.0. The fraction of sp³-hybridized carbons (Fsp3) is 0.333. The Balaban J connectivity index is 1.45. The Bertz CT molecular complexity index is 757. The average molecular weight is 344 g/mol. The van der Waals surface area contributed by atoms with Crippen LogP contribution in [-0.2, 0) is 16.1 Å². The molecule has 0 bridgehead atoms. The molecule has 132 valence electrons. The summed E-state index contributed by atoms with van der Waals surface area (Å²) in [5.74, 6) is -0.908. The molecule has 2 amide bonds. The van der Waals surface area contributed by atoms with Crippen LogP contribution in [0.5, 0.6) is 0 Å². The number of anilines is 1. The number of amides is 2. The topological polar surface area (TPSA) is 66.4 Å². The lowest BCUT2D eigenvalue weighted by atomic mass is 10.1. The van der Waals surface area contributed by atoms with Crippen LogP contribution in [0.25, 0.3) is 0 Å². The Kier molecular flexibility index (Phi) is 5.14. The van der Waals surface area contributed by atoms with Crippen molar-refractivity contribution in [2.45, 2.75) is 19.5 Å². The van der Waals surface area contributed by atoms with Crippen molar-refractivity contribution in [1.82, 2.24) is 14.8 Å². The van der Waals surface area contributed by atoms with Crippen LogP contribution >= 0.6 is 0 Å². The van der Waals surface area contributed by atoms with Crippen LogP contribution in [0, 0.1) is 5.82 Å². The number of halogens is 1. The van der Waals surface area contributed by atoms with E-state index >= 15 is 0 Å². The van der Waals surface area contributed by atoms with Gasteiger partial charge in [0.1, 0.15) is 5.82 Å². The zero-order chi connectivity index (χ0) is 17.8. The van der Waals surface area contributed by atoms with E-state index in [0.29, 0.717) is 5.69 Å². The Morgan fingerprint density at radius 1 is 1.16 bits per heavy atom. The molecule has 0 saturated heterocycles. The van der Waals surface area contributed by atoms with Gasteiger partial charge in [0.25, 0.3) is 0 Å². The minimum absolute atomic E-state index is 0.116. The van der Waals surface area contributed by atoms with E-state index in [2.05, 4.69) is 33.1 Å². The fourth-order valence-corrected chi connectivity index (χ4v) is 3.00. The highest BCUT2D eigenvalue weighted by Gasteiger charge is 2.25. The lowest BCUT2D eigenvalue weighted by molar-refractivity contribution is -0.125. The van der Waals surface area contributed by atoms with Crippen LogP contribution in [0.1, 0.15) is 18.7 Å². The molecule has 0 fully saturated rings. The van der Waals surface area contributed by atoms with Crippen molar-refractivity contribution in [2.24, 2.45) is 0 Å². The molecule has 1 aliphatic rings. The second kappa shape index (κ2) is 7.48. The van der Waals surface area contributed by atoms with Crippen LogP contribution in [-0.4, -0.2) is 40.9 Å². The van der Waals surface area contributed by atoms with Crippen LogP contribution in [0.2, 0.25) is 0 Å². The predicted molar refractivity (Wildman–Crippen MR) is 92.5 cm³/mol. The minimum atomic E-state index is -0.368. The summed E-state index contributed by atoms with van der Waals surface area (Å²) >= 11 is 0. The zero-order valence-electron chi connectivity index (χ0n) is 14.0. The molecular weight excluding hydrogens is 323 g/mol. The molecule has 1 aromatic carbocycles. The molecule has 6 nitrogen and oxygen atoms in total. The number of nitrogens with zero attached hydrogens (tertiary/aromatic N) is 2. The van der Waals surface area contributed by atoms with Gasteiger partial charge in [0.15, 0.2) is 0 Å². The van der Waals surface area contributed by atoms with Gasteiger partial charge < -0.3 is 15.2 Å². The van der Waals surface area contributed by atoms with Gasteiger partial charge in [-0.1, -0.05) is 0 Å². The molecular formula is C18H21FN4O2. The molecule has 2 heterocycles. The molecule has 3 rings (SSSR count). The van der Waals surface area contributed by atoms with E-state index in [1.54, 1.807) is 0 Å². The number of aromatic nitrogens is 1. The maximum Gasteiger partial charge on any atom is 0.243 e. The summed E-state index contributed by atoms with van der Waals surface area (Å²) in [5.41, 5.74) is 1.68. The van der Waals surface area contributed by atoms with Crippen LogP contribution in [0.15, 0.2) is 42.6 Å². The van der Waals surface area contributed by atoms with E-state index in [1.165, 1.54) is 30.0 Å². The van der Waals surface area contributed by atoms with Crippen molar-refractivity contribution in [3.8, 4) is 0 Å². The fourth-order valence-electron chi connectivity index (χ4n) is 3.00. The molecule has 1 aromatic heterocycles. The second-order valence-electron chi connectivity index (χ2n) is 6.10. The van der Waals surface area contributed by atoms with Gasteiger partial charge in [0, 0.05) is 36.7 Å². The predicted octanol–water partition coefficient (Wildman–Crippen LogP) is 1.76. The van der Waals surface area contributed by atoms with Crippen LogP contribution in [0.4, 0.5) is 10.1 Å². The molecule has 0 radical (unpaired) electrons. The van der Waals surface area contributed by atoms with E-state index in [0.717, 1.165) is 13.1 Å². The van der Waals surface area contributed by atoms with Gasteiger partial charge in [-0.3, -0.25) is 14.5 Å². The molecule has 0 aliphatic carbocycles. The Morgan fingerprint density at radius 3 is 2.68 bits per heavy atom. The van der Waals surface area contributed by atoms with Crippen molar-refractivity contribution in [3.63, 3.8) is 0 Å². The highest BCUT2D eigenvalue weighted by Crippen LogP contribution is 2.24. The summed E-state index contributed by atoms with van der Waals surface area (Å²) in [6.07, 6.45) is 2.04. The monoisotopic (exact) mass is 344 g/mol. The third-order valence-electron chi connectivity index (χ3n) is 4.39. The van der Waals surface area contributed by atoms with E-state index in [9.17, 15) is 14.0 Å². The summed E-state index contributed by atoms with van der Waals surface area (Å²) < 4.78 is 15.0. The van der Waals surface area contributed by atoms with Gasteiger partial charge in [-0.2, -0.15) is 0 Å². The summed E-state index contributed by atoms with van der Waals surface area (Å²) in [4.78, 5) is 26.1. The summed E-state index contributed by atoms with van der Waals surface area (Å²) in [6, 6.07) is 9.70. The number of hydrogen-bond acceptors (Lipinski definition) is 3. The Morgan fingerprint density at radius 2 is 1.92 bits per heavy atom. The number of carbonyl (C=O) groups excluding carboxylic acids is 2. The zero-order valence-corrected chi connectivity index (χ0v) is 14.0. The normalized spacial score (nSPS) is 17.0. The number of nitrogens with one attached hydrogen (secondary N) is 2. The first-order valence-electron chi connectivity index (χ1n) is 8.24. The molecule has 2 N–H and O–H groups in total. The number of hydrogen-bond donors (Lipinski definition) is 2. The minimum Gasteiger partial charge on any atom is -0.349 e. The highest BCUT2D eigenvalue weighted by atomic mass is 19.1. The number of fused-ring (bicyclic) bond motifs is 1. The molecule has 7 heteroatoms. The molecule has 0 unspecified atom stereocenters. The lowest BCUT2D eigenvalue weighted by Gasteiger charge is -2.34. The van der Waals surface area contributed by atoms with Crippen molar-refractivity contribution < 1.29 is 14.0 Å². The smallest absolute Gasteiger partial charge is 0.243 e. The lowest BCUT2D eigenvalue weighted by Crippen LogP contribution is -2.44. The average Bonchev–Trinajstić information content (AvgIpc) is 3.07. The molecule has 0 saturated carbocycles. The standard InChI is InChI=1S/C18H21FN4O2/c1-13-16-3-2-8-22(16)9-10-23(13)12-18(25)20-11-17(24)21-15-6-4-14(19)5-7-15/h2-8,13H,9-12H2,1H3,(H,20,25)(H,21,24)/t13-/m0/s1. The van der Waals surface area contributed by atoms with Crippen LogP contribution in [0.3, 0.4) is 0 Å². The number of rotatable bonds is 5. The third kappa shape index (κ3) is 4.24. The number of carbonyl (C=O) groups is 2. The van der Waals surface area contributed by atoms with Gasteiger partial charge in [-0.15, -0.1) is 0 Å². The van der Waals surface area contributed by atoms with Gasteiger partial charge in [0.05, 0.1) is 13.1 Å². The van der Waals surface area contributed by atoms with Crippen molar-refractivity contribution in [1.29, 1.82) is 0 Å². The maximum atomic E-state index is 12.8. The molecule has 1 aliphatic heterocycles. The summed E-state index contributed by atoms with van der Waals surface area (Å²) in [7, 11) is 0. The van der Waals surface area contributed by atoms with Gasteiger partial charge in [-0.05, 0) is 43.3 Å². The van der Waals surface area contributed by atoms with Gasteiger partial charge in [-0.25, -0.2) is 4.39 Å². The molecule has 0 spiro atoms. The second-order valence-corrected chi connectivity index (χ2v) is 6.10. The number of benzene rings is 1. The van der Waals surface area contributed by atoms with Gasteiger partial charge >= 0.3 is 0 Å². The van der Waals surface area contributed by atoms with Gasteiger partial charge in [0.2, 0.25) is 11.8 Å². The van der Waals surface area contributed by atoms with Crippen LogP contribution < -0.4 is 10.6 Å². The van der Waals surface area contributed by atoms with Crippen molar-refractivity contribution in [3.05, 3.63) is 54.1 Å². The van der Waals surface area contributed by atoms with E-state index in [-0.39, 0.29) is 36.8 Å². The maximum absolute atomic E-state index is 12.8. The van der Waals surface area contributed by atoms with E-state index < -0.39 is 0 Å². The SMILES string of the molecule is C[C@H]1c2cccn2CCN1CC(=O)NCC(=O)Nc1ccc(F)cc1. The quantitative estimate of drug-likeness (QED) is 0.869. The molecule has 1 atom stereocenters. The van der Waals surface area contributed by atoms with Crippen molar-refractivity contribution in [2.75, 3.05) is 25.0 Å². The third-order valence-corrected chi connectivity index (χ3v) is 4.39. The molecule has 25 heavy (non-hydrogen) atoms. The highest BCUT2D eigenvalue weighted by molar-refractivity contribution is 5.94.